The van der Waals surface area contributed by atoms with E-state index in [0.29, 0.717) is 33.8 Å². The Morgan fingerprint density at radius 2 is 1.76 bits per heavy atom. The molecule has 0 atom stereocenters. The highest BCUT2D eigenvalue weighted by molar-refractivity contribution is 6.06. The van der Waals surface area contributed by atoms with E-state index in [2.05, 4.69) is 32.4 Å². The quantitative estimate of drug-likeness (QED) is 0.251. The first-order chi connectivity index (χ1) is 18.5. The molecular weight excluding hydrogens is 484 g/mol. The fourth-order valence-electron chi connectivity index (χ4n) is 3.55. The molecule has 3 heterocycles. The van der Waals surface area contributed by atoms with Crippen molar-refractivity contribution in [2.45, 2.75) is 19.8 Å². The number of amides is 2. The minimum atomic E-state index is -0.543. The van der Waals surface area contributed by atoms with Crippen LogP contribution in [0.1, 0.15) is 30.1 Å². The number of phenolic OH excluding ortho intramolecular Hbond substituents is 1. The topological polar surface area (TPSA) is 123 Å². The van der Waals surface area contributed by atoms with Crippen molar-refractivity contribution in [1.29, 1.82) is 0 Å². The van der Waals surface area contributed by atoms with Crippen LogP contribution in [0.25, 0.3) is 10.9 Å². The van der Waals surface area contributed by atoms with Crippen molar-refractivity contribution < 1.29 is 24.2 Å². The van der Waals surface area contributed by atoms with Gasteiger partial charge in [0.25, 0.3) is 11.8 Å². The number of hydrogen-bond acceptors (Lipinski definition) is 7. The number of fused-ring (bicyclic) bond motifs is 1. The van der Waals surface area contributed by atoms with Crippen molar-refractivity contribution in [3.8, 4) is 29.1 Å². The molecule has 3 N–H and O–H groups in total. The monoisotopic (exact) mass is 510 g/mol. The van der Waals surface area contributed by atoms with Gasteiger partial charge in [0.05, 0.1) is 11.2 Å². The molecular formula is C29H26N4O5. The maximum atomic E-state index is 12.4. The maximum absolute atomic E-state index is 12.4. The Hall–Kier alpha value is -4.94. The van der Waals surface area contributed by atoms with E-state index >= 15 is 0 Å². The first-order valence-corrected chi connectivity index (χ1v) is 12.0. The van der Waals surface area contributed by atoms with Crippen LogP contribution in [-0.4, -0.2) is 40.1 Å². The van der Waals surface area contributed by atoms with Crippen LogP contribution in [0.15, 0.2) is 73.1 Å². The summed E-state index contributed by atoms with van der Waals surface area (Å²) in [6.07, 6.45) is 5.70. The van der Waals surface area contributed by atoms with E-state index in [-0.39, 0.29) is 17.3 Å². The van der Waals surface area contributed by atoms with Gasteiger partial charge in [0.15, 0.2) is 0 Å². The number of aromatic hydroxyl groups is 1. The number of phenols is 1. The van der Waals surface area contributed by atoms with Crippen molar-refractivity contribution in [3.05, 3.63) is 78.6 Å². The highest BCUT2D eigenvalue weighted by Crippen LogP contribution is 2.35. The summed E-state index contributed by atoms with van der Waals surface area (Å²) >= 11 is 0. The predicted molar refractivity (Wildman–Crippen MR) is 144 cm³/mol. The average molecular weight is 511 g/mol. The van der Waals surface area contributed by atoms with Gasteiger partial charge in [-0.2, -0.15) is 0 Å². The number of ether oxygens (including phenoxy) is 2. The fraction of sp³-hybridized carbons (Fsp3) is 0.172. The zero-order valence-corrected chi connectivity index (χ0v) is 20.7. The molecule has 0 radical (unpaired) electrons. The summed E-state index contributed by atoms with van der Waals surface area (Å²) in [6, 6.07) is 16.5. The fourth-order valence-corrected chi connectivity index (χ4v) is 3.55. The molecule has 9 nitrogen and oxygen atoms in total. The number of hydrogen-bond donors (Lipinski definition) is 3. The number of nitrogens with zero attached hydrogens (tertiary/aromatic N) is 2. The maximum Gasteiger partial charge on any atom is 0.300 e. The lowest BCUT2D eigenvalue weighted by Crippen LogP contribution is -2.12. The normalized spacial score (nSPS) is 11.9. The largest absolute Gasteiger partial charge is 0.506 e. The van der Waals surface area contributed by atoms with Crippen LogP contribution in [0.4, 0.5) is 11.5 Å². The molecule has 0 unspecified atom stereocenters. The van der Waals surface area contributed by atoms with E-state index in [0.717, 1.165) is 13.2 Å². The summed E-state index contributed by atoms with van der Waals surface area (Å²) in [6.45, 7) is 3.54. The van der Waals surface area contributed by atoms with Crippen LogP contribution in [-0.2, 0) is 9.53 Å². The Balaban J connectivity index is 0.000000603. The van der Waals surface area contributed by atoms with Gasteiger partial charge < -0.3 is 25.2 Å². The minimum absolute atomic E-state index is 0.137. The van der Waals surface area contributed by atoms with Gasteiger partial charge in [-0.15, -0.1) is 0 Å². The highest BCUT2D eigenvalue weighted by atomic mass is 16.5. The molecule has 9 heteroatoms. The summed E-state index contributed by atoms with van der Waals surface area (Å²) in [4.78, 5) is 32.5. The van der Waals surface area contributed by atoms with Gasteiger partial charge in [-0.25, -0.2) is 4.98 Å². The molecule has 2 aromatic heterocycles. The van der Waals surface area contributed by atoms with Crippen molar-refractivity contribution in [3.63, 3.8) is 0 Å². The smallest absolute Gasteiger partial charge is 0.300 e. The van der Waals surface area contributed by atoms with Crippen molar-refractivity contribution in [1.82, 2.24) is 9.97 Å². The van der Waals surface area contributed by atoms with Crippen molar-refractivity contribution in [2.75, 3.05) is 23.8 Å². The third kappa shape index (κ3) is 7.06. The molecule has 2 amide bonds. The first kappa shape index (κ1) is 26.1. The molecule has 0 spiro atoms. The van der Waals surface area contributed by atoms with Gasteiger partial charge in [0, 0.05) is 42.6 Å². The Kier molecular flexibility index (Phi) is 8.84. The van der Waals surface area contributed by atoms with Gasteiger partial charge in [0.1, 0.15) is 23.1 Å². The highest BCUT2D eigenvalue weighted by Gasteiger charge is 2.12. The van der Waals surface area contributed by atoms with Crippen molar-refractivity contribution in [2.24, 2.45) is 0 Å². The second kappa shape index (κ2) is 12.9. The minimum Gasteiger partial charge on any atom is -0.506 e. The second-order valence-corrected chi connectivity index (χ2v) is 8.14. The average Bonchev–Trinajstić information content (AvgIpc) is 3.51. The Bertz CT molecular complexity index is 1470. The molecule has 4 aromatic rings. The standard InChI is InChI=1S/C25H18N4O4.C4H8O/c1-2-5-24(31)28-20-14-18-19(15-21(20)30)26-13-11-22(18)33-17-9-7-16(8-10-17)25(32)29-23-6-3-4-12-27-23;1-2-4-5-3-1/h3-4,6-15,30H,1H3,(H,28,31)(H,27,29,32);1-4H2. The summed E-state index contributed by atoms with van der Waals surface area (Å²) in [5, 5.41) is 16.0. The number of anilines is 2. The lowest BCUT2D eigenvalue weighted by Gasteiger charge is -2.12. The van der Waals surface area contributed by atoms with Crippen LogP contribution in [0, 0.1) is 11.8 Å². The van der Waals surface area contributed by atoms with Crippen molar-refractivity contribution >= 4 is 34.2 Å². The van der Waals surface area contributed by atoms with Gasteiger partial charge in [-0.05, 0) is 74.2 Å². The molecule has 0 bridgehead atoms. The molecule has 192 valence electrons. The van der Waals surface area contributed by atoms with E-state index in [1.54, 1.807) is 73.9 Å². The van der Waals surface area contributed by atoms with Crippen LogP contribution in [0.5, 0.6) is 17.2 Å². The van der Waals surface area contributed by atoms with E-state index in [4.69, 9.17) is 9.47 Å². The van der Waals surface area contributed by atoms with E-state index in [1.165, 1.54) is 18.9 Å². The Morgan fingerprint density at radius 3 is 2.42 bits per heavy atom. The molecule has 0 saturated carbocycles. The Labute approximate surface area is 219 Å². The van der Waals surface area contributed by atoms with Crippen LogP contribution >= 0.6 is 0 Å². The van der Waals surface area contributed by atoms with E-state index < -0.39 is 5.91 Å². The lowest BCUT2D eigenvalue weighted by atomic mass is 10.1. The molecule has 5 rings (SSSR count). The third-order valence-electron chi connectivity index (χ3n) is 5.38. The summed E-state index contributed by atoms with van der Waals surface area (Å²) in [5.74, 6) is 5.30. The number of pyridine rings is 2. The third-order valence-corrected chi connectivity index (χ3v) is 5.38. The molecule has 1 aliphatic heterocycles. The predicted octanol–water partition coefficient (Wildman–Crippen LogP) is 5.14. The SMILES string of the molecule is C1CCOC1.CC#CC(=O)Nc1cc2c(Oc3ccc(C(=O)Nc4ccccn4)cc3)ccnc2cc1O. The van der Waals surface area contributed by atoms with Crippen LogP contribution in [0.3, 0.4) is 0 Å². The van der Waals surface area contributed by atoms with Crippen LogP contribution < -0.4 is 15.4 Å². The number of aromatic nitrogens is 2. The first-order valence-electron chi connectivity index (χ1n) is 12.0. The molecule has 1 aliphatic rings. The van der Waals surface area contributed by atoms with Gasteiger partial charge in [-0.1, -0.05) is 12.0 Å². The summed E-state index contributed by atoms with van der Waals surface area (Å²) in [5.41, 5.74) is 1.12. The zero-order chi connectivity index (χ0) is 26.7. The number of nitrogens with one attached hydrogen (secondary N) is 2. The summed E-state index contributed by atoms with van der Waals surface area (Å²) < 4.78 is 10.9. The number of carbonyl (C=O) groups excluding carboxylic acids is 2. The number of rotatable bonds is 5. The summed E-state index contributed by atoms with van der Waals surface area (Å²) in [7, 11) is 0. The zero-order valence-electron chi connectivity index (χ0n) is 20.7. The number of carbonyl (C=O) groups is 2. The van der Waals surface area contributed by atoms with Crippen LogP contribution in [0.2, 0.25) is 0 Å². The second-order valence-electron chi connectivity index (χ2n) is 8.14. The molecule has 2 aromatic carbocycles. The lowest BCUT2D eigenvalue weighted by molar-refractivity contribution is -0.111. The molecule has 1 fully saturated rings. The van der Waals surface area contributed by atoms with Gasteiger partial charge in [-0.3, -0.25) is 14.6 Å². The van der Waals surface area contributed by atoms with Gasteiger partial charge in [0.2, 0.25) is 0 Å². The van der Waals surface area contributed by atoms with E-state index in [9.17, 15) is 14.7 Å². The van der Waals surface area contributed by atoms with E-state index in [1.807, 2.05) is 0 Å². The molecule has 0 aliphatic carbocycles. The Morgan fingerprint density at radius 1 is 0.974 bits per heavy atom. The van der Waals surface area contributed by atoms with Gasteiger partial charge >= 0.3 is 0 Å². The number of benzene rings is 2. The molecule has 38 heavy (non-hydrogen) atoms. The molecule has 1 saturated heterocycles.